The fraction of sp³-hybridized carbons (Fsp3) is 0.475. The van der Waals surface area contributed by atoms with Crippen LogP contribution in [0.25, 0.3) is 11.1 Å². The van der Waals surface area contributed by atoms with Crippen LogP contribution >= 0.6 is 0 Å². The molecule has 0 unspecified atom stereocenters. The van der Waals surface area contributed by atoms with Gasteiger partial charge in [0, 0.05) is 13.1 Å². The molecule has 8 nitrogen and oxygen atoms in total. The maximum atomic E-state index is 12.2. The summed E-state index contributed by atoms with van der Waals surface area (Å²) in [7, 11) is 0. The molecule has 0 spiro atoms. The topological polar surface area (TPSA) is 69.7 Å². The fourth-order valence-corrected chi connectivity index (χ4v) is 6.74. The number of fused-ring (bicyclic) bond motifs is 1. The van der Waals surface area contributed by atoms with Crippen molar-refractivity contribution in [1.29, 1.82) is 0 Å². The molecule has 0 bridgehead atoms. The van der Waals surface area contributed by atoms with Crippen LogP contribution in [0, 0.1) is 5.41 Å². The Balaban J connectivity index is 1.26. The smallest absolute Gasteiger partial charge is 0.314 e. The number of ether oxygens (including phenoxy) is 5. The first-order valence-electron chi connectivity index (χ1n) is 17.5. The van der Waals surface area contributed by atoms with E-state index in [0.717, 1.165) is 59.0 Å². The Labute approximate surface area is 285 Å². The van der Waals surface area contributed by atoms with Crippen molar-refractivity contribution in [2.24, 2.45) is 5.41 Å². The van der Waals surface area contributed by atoms with Gasteiger partial charge in [0.1, 0.15) is 17.6 Å². The van der Waals surface area contributed by atoms with Gasteiger partial charge in [0.05, 0.1) is 5.41 Å². The molecule has 0 atom stereocenters. The molecule has 2 saturated heterocycles. The molecule has 256 valence electrons. The number of rotatable bonds is 13. The number of allylic oxidation sites excluding steroid dienone is 1. The second-order valence-corrected chi connectivity index (χ2v) is 14.0. The normalized spacial score (nSPS) is 17.1. The molecular formula is C40H50N2O6. The first kappa shape index (κ1) is 33.9. The minimum Gasteiger partial charge on any atom is -0.488 e. The Morgan fingerprint density at radius 3 is 1.85 bits per heavy atom. The van der Waals surface area contributed by atoms with Crippen molar-refractivity contribution in [1.82, 2.24) is 9.80 Å². The number of nitrogens with zero attached hydrogens (tertiary/aromatic N) is 2. The van der Waals surface area contributed by atoms with Gasteiger partial charge < -0.3 is 23.7 Å². The lowest BCUT2D eigenvalue weighted by atomic mass is 9.88. The van der Waals surface area contributed by atoms with Crippen molar-refractivity contribution in [2.45, 2.75) is 65.9 Å². The molecule has 0 aromatic heterocycles. The van der Waals surface area contributed by atoms with Crippen LogP contribution in [0.3, 0.4) is 0 Å². The molecule has 3 heterocycles. The molecule has 0 saturated carbocycles. The molecule has 0 radical (unpaired) electrons. The van der Waals surface area contributed by atoms with Crippen LogP contribution in [0.4, 0.5) is 0 Å². The highest BCUT2D eigenvalue weighted by molar-refractivity contribution is 5.99. The van der Waals surface area contributed by atoms with E-state index in [4.69, 9.17) is 23.7 Å². The van der Waals surface area contributed by atoms with Gasteiger partial charge in [-0.05, 0) is 143 Å². The average Bonchev–Trinajstić information content (AvgIpc) is 3.88. The lowest BCUT2D eigenvalue weighted by Crippen LogP contribution is -2.41. The summed E-state index contributed by atoms with van der Waals surface area (Å²) in [6.07, 6.45) is 6.06. The molecular weight excluding hydrogens is 604 g/mol. The minimum atomic E-state index is -0.582. The van der Waals surface area contributed by atoms with Gasteiger partial charge in [-0.15, -0.1) is 0 Å². The van der Waals surface area contributed by atoms with E-state index < -0.39 is 5.41 Å². The second kappa shape index (κ2) is 15.5. The third kappa shape index (κ3) is 8.52. The summed E-state index contributed by atoms with van der Waals surface area (Å²) in [5.41, 5.74) is 4.97. The van der Waals surface area contributed by atoms with Gasteiger partial charge in [-0.1, -0.05) is 37.3 Å². The van der Waals surface area contributed by atoms with Crippen molar-refractivity contribution < 1.29 is 28.5 Å². The maximum absolute atomic E-state index is 12.2. The molecule has 3 aliphatic rings. The third-order valence-electron chi connectivity index (χ3n) is 9.31. The Bertz CT molecular complexity index is 1530. The molecule has 6 rings (SSSR count). The molecule has 0 amide bonds. The summed E-state index contributed by atoms with van der Waals surface area (Å²) in [4.78, 5) is 17.3. The molecule has 48 heavy (non-hydrogen) atoms. The van der Waals surface area contributed by atoms with Crippen LogP contribution in [0.1, 0.15) is 76.5 Å². The van der Waals surface area contributed by atoms with Crippen LogP contribution in [-0.2, 0) is 9.53 Å². The number of hydrogen-bond donors (Lipinski definition) is 0. The lowest BCUT2D eigenvalue weighted by Gasteiger charge is -2.28. The van der Waals surface area contributed by atoms with E-state index in [1.54, 1.807) is 0 Å². The van der Waals surface area contributed by atoms with E-state index in [2.05, 4.69) is 65.3 Å². The highest BCUT2D eigenvalue weighted by Crippen LogP contribution is 2.40. The zero-order valence-corrected chi connectivity index (χ0v) is 29.0. The van der Waals surface area contributed by atoms with Gasteiger partial charge in [0.15, 0.2) is 11.5 Å². The molecule has 8 heteroatoms. The van der Waals surface area contributed by atoms with Gasteiger partial charge >= 0.3 is 5.97 Å². The number of hydrogen-bond acceptors (Lipinski definition) is 8. The molecule has 3 aliphatic heterocycles. The number of esters is 1. The quantitative estimate of drug-likeness (QED) is 0.106. The van der Waals surface area contributed by atoms with Gasteiger partial charge in [0.2, 0.25) is 13.6 Å². The molecule has 3 aromatic rings. The summed E-state index contributed by atoms with van der Waals surface area (Å²) in [5, 5.41) is 0. The lowest BCUT2D eigenvalue weighted by molar-refractivity contribution is -0.159. The number of benzene rings is 3. The molecule has 2 fully saturated rings. The van der Waals surface area contributed by atoms with Crippen molar-refractivity contribution in [2.75, 3.05) is 52.9 Å². The predicted octanol–water partition coefficient (Wildman–Crippen LogP) is 7.65. The summed E-state index contributed by atoms with van der Waals surface area (Å²) in [6.45, 7) is 14.4. The van der Waals surface area contributed by atoms with Crippen molar-refractivity contribution in [3.8, 4) is 23.0 Å². The summed E-state index contributed by atoms with van der Waals surface area (Å²) in [5.74, 6) is 2.76. The highest BCUT2D eigenvalue weighted by atomic mass is 16.7. The number of carbonyl (C=O) groups excluding carboxylic acids is 1. The van der Waals surface area contributed by atoms with Crippen molar-refractivity contribution in [3.63, 3.8) is 0 Å². The standard InChI is InChI=1S/C40H50N2O6/c1-5-35(31-14-19-36-37(24-31)46-28-45-36)38(29-10-15-32(16-11-29)44-27-47-39(43)40(2,3)4)30-12-17-33(18-13-30)48-34(25-41-20-6-7-21-41)26-42-22-8-9-23-42/h10-19,24,34H,5-9,20-23,25-28H2,1-4H3. The largest absolute Gasteiger partial charge is 0.488 e. The van der Waals surface area contributed by atoms with E-state index in [1.807, 2.05) is 39.0 Å². The monoisotopic (exact) mass is 654 g/mol. The predicted molar refractivity (Wildman–Crippen MR) is 188 cm³/mol. The molecule has 3 aromatic carbocycles. The minimum absolute atomic E-state index is 0.131. The fourth-order valence-electron chi connectivity index (χ4n) is 6.74. The van der Waals surface area contributed by atoms with Gasteiger partial charge in [-0.25, -0.2) is 0 Å². The number of likely N-dealkylation sites (tertiary alicyclic amines) is 2. The van der Waals surface area contributed by atoms with Crippen LogP contribution in [-0.4, -0.2) is 74.7 Å². The highest BCUT2D eigenvalue weighted by Gasteiger charge is 2.25. The first-order valence-corrected chi connectivity index (χ1v) is 17.5. The summed E-state index contributed by atoms with van der Waals surface area (Å²) in [6, 6.07) is 22.7. The van der Waals surface area contributed by atoms with E-state index in [9.17, 15) is 4.79 Å². The van der Waals surface area contributed by atoms with Crippen molar-refractivity contribution >= 4 is 17.1 Å². The van der Waals surface area contributed by atoms with Gasteiger partial charge in [0.25, 0.3) is 0 Å². The zero-order chi connectivity index (χ0) is 33.5. The Kier molecular flexibility index (Phi) is 10.9. The van der Waals surface area contributed by atoms with E-state index in [1.165, 1.54) is 57.4 Å². The van der Waals surface area contributed by atoms with Crippen LogP contribution in [0.15, 0.2) is 66.7 Å². The Morgan fingerprint density at radius 2 is 1.29 bits per heavy atom. The van der Waals surface area contributed by atoms with Crippen LogP contribution in [0.2, 0.25) is 0 Å². The molecule has 0 aliphatic carbocycles. The Morgan fingerprint density at radius 1 is 0.750 bits per heavy atom. The first-order chi connectivity index (χ1) is 23.3. The van der Waals surface area contributed by atoms with Gasteiger partial charge in [-0.2, -0.15) is 0 Å². The second-order valence-electron chi connectivity index (χ2n) is 14.0. The Hall–Kier alpha value is -4.01. The van der Waals surface area contributed by atoms with Crippen molar-refractivity contribution in [3.05, 3.63) is 83.4 Å². The van der Waals surface area contributed by atoms with Crippen LogP contribution in [0.5, 0.6) is 23.0 Å². The van der Waals surface area contributed by atoms with E-state index >= 15 is 0 Å². The third-order valence-corrected chi connectivity index (χ3v) is 9.31. The molecule has 0 N–H and O–H groups in total. The summed E-state index contributed by atoms with van der Waals surface area (Å²) >= 11 is 0. The SMILES string of the molecule is CCC(=C(c1ccc(OCOC(=O)C(C)(C)C)cc1)c1ccc(OC(CN2CCCC2)CN2CCCC2)cc1)c1ccc2c(c1)OCO2. The van der Waals surface area contributed by atoms with E-state index in [-0.39, 0.29) is 25.7 Å². The summed E-state index contributed by atoms with van der Waals surface area (Å²) < 4.78 is 29.1. The van der Waals surface area contributed by atoms with E-state index in [0.29, 0.717) is 5.75 Å². The maximum Gasteiger partial charge on any atom is 0.314 e. The number of carbonyl (C=O) groups is 1. The average molecular weight is 655 g/mol. The van der Waals surface area contributed by atoms with Crippen LogP contribution < -0.4 is 18.9 Å². The van der Waals surface area contributed by atoms with Gasteiger partial charge in [-0.3, -0.25) is 14.6 Å². The zero-order valence-electron chi connectivity index (χ0n) is 29.0.